The fourth-order valence-corrected chi connectivity index (χ4v) is 5.94. The number of carbonyl (C=O) groups excluding carboxylic acids is 3. The summed E-state index contributed by atoms with van der Waals surface area (Å²) in [5, 5.41) is 36.0. The lowest BCUT2D eigenvalue weighted by Gasteiger charge is -2.49. The highest BCUT2D eigenvalue weighted by atomic mass is 32.2. The van der Waals surface area contributed by atoms with Crippen molar-refractivity contribution in [3.63, 3.8) is 0 Å². The molecule has 1 unspecified atom stereocenters. The number of fused-ring (bicyclic) bond motifs is 1. The van der Waals surface area contributed by atoms with Gasteiger partial charge in [0.1, 0.15) is 23.7 Å². The zero-order valence-electron chi connectivity index (χ0n) is 18.3. The molecule has 1 aromatic heterocycles. The van der Waals surface area contributed by atoms with Gasteiger partial charge in [0.05, 0.1) is 0 Å². The first-order chi connectivity index (χ1) is 16.8. The van der Waals surface area contributed by atoms with Gasteiger partial charge in [0.2, 0.25) is 11.1 Å². The van der Waals surface area contributed by atoms with Gasteiger partial charge in [0.25, 0.3) is 11.8 Å². The summed E-state index contributed by atoms with van der Waals surface area (Å²) in [6, 6.07) is 7.34. The van der Waals surface area contributed by atoms with E-state index in [1.54, 1.807) is 30.3 Å². The standard InChI is InChI=1S/C20H21N7O6S2/c1-21-12(28)7-26-20(23-24-25-26)35-9-11-8-34-18-13(17(31)27(18)14(11)19(32)33)22-16(30)15(29)10-5-3-2-4-6-10/h2-6,13,15,18,29H,7-9H2,1H3,(H,21,28)(H,22,30)(H,32,33)/t13?,15-,18-/m1/s1. The number of aliphatic hydroxyl groups excluding tert-OH is 1. The van der Waals surface area contributed by atoms with Crippen LogP contribution in [0.5, 0.6) is 0 Å². The third kappa shape index (κ3) is 5.01. The molecule has 0 spiro atoms. The van der Waals surface area contributed by atoms with E-state index >= 15 is 0 Å². The van der Waals surface area contributed by atoms with Crippen molar-refractivity contribution in [2.45, 2.75) is 29.2 Å². The molecule has 1 aromatic carbocycles. The molecule has 2 aromatic rings. The van der Waals surface area contributed by atoms with Crippen molar-refractivity contribution in [2.75, 3.05) is 18.6 Å². The SMILES string of the molecule is CNC(=O)Cn1nnnc1SCC1=C(C(=O)O)N2C(=O)C(NC(=O)[C@H](O)c3ccccc3)[C@H]2SC1. The Morgan fingerprint density at radius 3 is 2.71 bits per heavy atom. The second kappa shape index (κ2) is 10.5. The van der Waals surface area contributed by atoms with Gasteiger partial charge in [-0.15, -0.1) is 16.9 Å². The van der Waals surface area contributed by atoms with E-state index in [0.717, 1.165) is 16.7 Å². The lowest BCUT2D eigenvalue weighted by molar-refractivity contribution is -0.151. The Labute approximate surface area is 207 Å². The van der Waals surface area contributed by atoms with Crippen molar-refractivity contribution in [1.82, 2.24) is 35.7 Å². The summed E-state index contributed by atoms with van der Waals surface area (Å²) in [5.41, 5.74) is 0.723. The topological polar surface area (TPSA) is 180 Å². The van der Waals surface area contributed by atoms with E-state index in [0.29, 0.717) is 22.0 Å². The Kier molecular flexibility index (Phi) is 7.37. The predicted octanol–water partition coefficient (Wildman–Crippen LogP) is -1.02. The molecule has 3 atom stereocenters. The van der Waals surface area contributed by atoms with Crippen LogP contribution in [0.1, 0.15) is 11.7 Å². The Balaban J connectivity index is 1.44. The second-order valence-electron chi connectivity index (χ2n) is 7.55. The van der Waals surface area contributed by atoms with Gasteiger partial charge < -0.3 is 20.8 Å². The molecule has 3 heterocycles. The summed E-state index contributed by atoms with van der Waals surface area (Å²) in [4.78, 5) is 50.1. The number of aliphatic carboxylic acids is 1. The van der Waals surface area contributed by atoms with E-state index < -0.39 is 35.3 Å². The molecule has 1 fully saturated rings. The summed E-state index contributed by atoms with van der Waals surface area (Å²) in [6.45, 7) is -0.0890. The Morgan fingerprint density at radius 1 is 1.29 bits per heavy atom. The number of likely N-dealkylation sites (N-methyl/N-ethyl adjacent to an activating group) is 1. The van der Waals surface area contributed by atoms with Crippen LogP contribution in [0.3, 0.4) is 0 Å². The van der Waals surface area contributed by atoms with E-state index in [-0.39, 0.29) is 23.9 Å². The molecule has 0 bridgehead atoms. The van der Waals surface area contributed by atoms with Crippen LogP contribution < -0.4 is 10.6 Å². The van der Waals surface area contributed by atoms with Gasteiger partial charge in [-0.05, 0) is 21.6 Å². The molecule has 184 valence electrons. The summed E-state index contributed by atoms with van der Waals surface area (Å²) in [7, 11) is 1.49. The number of β-lactam (4-membered cyclic amide) rings is 1. The van der Waals surface area contributed by atoms with Crippen molar-refractivity contribution in [3.05, 3.63) is 47.2 Å². The number of carboxylic acid groups (broad SMARTS) is 1. The van der Waals surface area contributed by atoms with Gasteiger partial charge in [-0.3, -0.25) is 19.3 Å². The van der Waals surface area contributed by atoms with Gasteiger partial charge in [-0.2, -0.15) is 0 Å². The zero-order chi connectivity index (χ0) is 25.1. The Morgan fingerprint density at radius 2 is 2.03 bits per heavy atom. The average Bonchev–Trinajstić information content (AvgIpc) is 3.31. The number of nitrogens with one attached hydrogen (secondary N) is 2. The van der Waals surface area contributed by atoms with E-state index in [9.17, 15) is 29.4 Å². The summed E-state index contributed by atoms with van der Waals surface area (Å²) in [6.07, 6.45) is -1.45. The number of benzene rings is 1. The van der Waals surface area contributed by atoms with E-state index in [4.69, 9.17) is 0 Å². The summed E-state index contributed by atoms with van der Waals surface area (Å²) >= 11 is 2.46. The molecule has 0 saturated carbocycles. The Hall–Kier alpha value is -3.43. The van der Waals surface area contributed by atoms with Crippen LogP contribution >= 0.6 is 23.5 Å². The number of hydrogen-bond acceptors (Lipinski definition) is 10. The van der Waals surface area contributed by atoms with Crippen molar-refractivity contribution < 1.29 is 29.4 Å². The largest absolute Gasteiger partial charge is 0.477 e. The number of rotatable bonds is 9. The quantitative estimate of drug-likeness (QED) is 0.235. The number of aliphatic hydroxyl groups is 1. The number of hydrogen-bond donors (Lipinski definition) is 4. The minimum absolute atomic E-state index is 0.0890. The lowest BCUT2D eigenvalue weighted by Crippen LogP contribution is -2.70. The van der Waals surface area contributed by atoms with E-state index in [2.05, 4.69) is 26.2 Å². The van der Waals surface area contributed by atoms with Gasteiger partial charge >= 0.3 is 5.97 Å². The first kappa shape index (κ1) is 24.7. The molecule has 0 aliphatic carbocycles. The highest BCUT2D eigenvalue weighted by molar-refractivity contribution is 8.01. The van der Waals surface area contributed by atoms with E-state index in [1.165, 1.54) is 23.5 Å². The first-order valence-corrected chi connectivity index (χ1v) is 12.4. The number of carboxylic acids is 1. The van der Waals surface area contributed by atoms with Crippen LogP contribution in [0.25, 0.3) is 0 Å². The monoisotopic (exact) mass is 519 g/mol. The highest BCUT2D eigenvalue weighted by Gasteiger charge is 2.54. The first-order valence-electron chi connectivity index (χ1n) is 10.3. The van der Waals surface area contributed by atoms with Crippen LogP contribution in [-0.2, 0) is 25.7 Å². The maximum absolute atomic E-state index is 12.8. The predicted molar refractivity (Wildman–Crippen MR) is 124 cm³/mol. The number of aromatic nitrogens is 4. The maximum atomic E-state index is 12.8. The molecular formula is C20H21N7O6S2. The molecule has 15 heteroatoms. The Bertz CT molecular complexity index is 1190. The average molecular weight is 520 g/mol. The summed E-state index contributed by atoms with van der Waals surface area (Å²) < 4.78 is 1.29. The third-order valence-electron chi connectivity index (χ3n) is 5.36. The number of tetrazole rings is 1. The molecule has 4 N–H and O–H groups in total. The molecule has 2 aliphatic rings. The molecule has 13 nitrogen and oxygen atoms in total. The molecule has 35 heavy (non-hydrogen) atoms. The molecular weight excluding hydrogens is 498 g/mol. The number of carbonyl (C=O) groups is 4. The molecule has 3 amide bonds. The molecule has 4 rings (SSSR count). The van der Waals surface area contributed by atoms with Crippen LogP contribution in [0, 0.1) is 0 Å². The second-order valence-corrected chi connectivity index (χ2v) is 9.60. The zero-order valence-corrected chi connectivity index (χ0v) is 20.0. The lowest BCUT2D eigenvalue weighted by atomic mass is 10.0. The van der Waals surface area contributed by atoms with Crippen LogP contribution in [0.2, 0.25) is 0 Å². The van der Waals surface area contributed by atoms with Crippen molar-refractivity contribution >= 4 is 47.2 Å². The minimum Gasteiger partial charge on any atom is -0.477 e. The number of amides is 3. The van der Waals surface area contributed by atoms with Gasteiger partial charge in [0, 0.05) is 18.6 Å². The van der Waals surface area contributed by atoms with Crippen molar-refractivity contribution in [3.8, 4) is 0 Å². The van der Waals surface area contributed by atoms with Crippen LogP contribution in [-0.4, -0.2) is 89.0 Å². The fourth-order valence-electron chi connectivity index (χ4n) is 3.58. The molecule has 2 aliphatic heterocycles. The molecule has 0 radical (unpaired) electrons. The highest BCUT2D eigenvalue weighted by Crippen LogP contribution is 2.41. The van der Waals surface area contributed by atoms with Crippen molar-refractivity contribution in [1.29, 1.82) is 0 Å². The van der Waals surface area contributed by atoms with Gasteiger partial charge in [-0.25, -0.2) is 9.48 Å². The maximum Gasteiger partial charge on any atom is 0.352 e. The number of thioether (sulfide) groups is 2. The number of nitrogens with zero attached hydrogens (tertiary/aromatic N) is 5. The minimum atomic E-state index is -1.45. The molecule has 1 saturated heterocycles. The van der Waals surface area contributed by atoms with Crippen molar-refractivity contribution in [2.24, 2.45) is 0 Å². The fraction of sp³-hybridized carbons (Fsp3) is 0.350. The smallest absolute Gasteiger partial charge is 0.352 e. The van der Waals surface area contributed by atoms with Crippen LogP contribution in [0.15, 0.2) is 46.8 Å². The normalized spacial score (nSPS) is 20.1. The third-order valence-corrected chi connectivity index (χ3v) is 7.74. The van der Waals surface area contributed by atoms with Crippen LogP contribution in [0.4, 0.5) is 0 Å². The summed E-state index contributed by atoms with van der Waals surface area (Å²) in [5.74, 6) is -2.38. The van der Waals surface area contributed by atoms with Gasteiger partial charge in [-0.1, -0.05) is 42.1 Å². The van der Waals surface area contributed by atoms with E-state index in [1.807, 2.05) is 0 Å². The van der Waals surface area contributed by atoms with Gasteiger partial charge in [0.15, 0.2) is 6.10 Å².